The molecule has 2 atom stereocenters. The number of benzene rings is 1. The molecule has 0 radical (unpaired) electrons. The van der Waals surface area contributed by atoms with Gasteiger partial charge in [0.25, 0.3) is 0 Å². The first-order valence-corrected chi connectivity index (χ1v) is 7.34. The Bertz CT molecular complexity index is 339. The molecule has 19 heavy (non-hydrogen) atoms. The number of hydrogen-bond acceptors (Lipinski definition) is 2. The molecule has 2 nitrogen and oxygen atoms in total. The van der Waals surface area contributed by atoms with Gasteiger partial charge < -0.3 is 10.4 Å². The Morgan fingerprint density at radius 2 is 1.84 bits per heavy atom. The molecule has 1 aromatic rings. The summed E-state index contributed by atoms with van der Waals surface area (Å²) in [5.74, 6) is -0.195. The van der Waals surface area contributed by atoms with Gasteiger partial charge in [-0.15, -0.1) is 0 Å². The van der Waals surface area contributed by atoms with Crippen molar-refractivity contribution in [3.8, 4) is 0 Å². The van der Waals surface area contributed by atoms with Crippen LogP contribution in [0.1, 0.15) is 57.6 Å². The normalized spacial score (nSPS) is 14.3. The van der Waals surface area contributed by atoms with Gasteiger partial charge in [-0.1, -0.05) is 38.8 Å². The monoisotopic (exact) mass is 267 g/mol. The van der Waals surface area contributed by atoms with Crippen molar-refractivity contribution in [2.75, 3.05) is 6.54 Å². The quantitative estimate of drug-likeness (QED) is 0.713. The van der Waals surface area contributed by atoms with E-state index in [1.807, 2.05) is 19.1 Å². The minimum absolute atomic E-state index is 0.195. The lowest BCUT2D eigenvalue weighted by Gasteiger charge is -2.20. The summed E-state index contributed by atoms with van der Waals surface area (Å²) >= 11 is 0. The number of hydrogen-bond donors (Lipinski definition) is 2. The molecule has 2 unspecified atom stereocenters. The maximum Gasteiger partial charge on any atom is 0.123 e. The fraction of sp³-hybridized carbons (Fsp3) is 0.625. The Labute approximate surface area is 116 Å². The molecule has 0 heterocycles. The van der Waals surface area contributed by atoms with Crippen LogP contribution in [-0.4, -0.2) is 17.8 Å². The first kappa shape index (κ1) is 16.1. The van der Waals surface area contributed by atoms with Gasteiger partial charge in [-0.2, -0.15) is 0 Å². The van der Waals surface area contributed by atoms with Gasteiger partial charge >= 0.3 is 0 Å². The van der Waals surface area contributed by atoms with E-state index in [9.17, 15) is 9.50 Å². The summed E-state index contributed by atoms with van der Waals surface area (Å²) in [6.45, 7) is 4.95. The molecule has 0 saturated carbocycles. The van der Waals surface area contributed by atoms with Crippen LogP contribution in [0.25, 0.3) is 0 Å². The third kappa shape index (κ3) is 6.17. The summed E-state index contributed by atoms with van der Waals surface area (Å²) < 4.78 is 13.0. The largest absolute Gasteiger partial charge is 0.393 e. The Morgan fingerprint density at radius 1 is 1.16 bits per heavy atom. The Hall–Kier alpha value is -0.930. The highest BCUT2D eigenvalue weighted by molar-refractivity contribution is 5.19. The summed E-state index contributed by atoms with van der Waals surface area (Å²) in [4.78, 5) is 0. The Kier molecular flexibility index (Phi) is 7.68. The molecule has 2 N–H and O–H groups in total. The van der Waals surface area contributed by atoms with Gasteiger partial charge in [0.1, 0.15) is 5.82 Å². The molecule has 1 aromatic carbocycles. The smallest absolute Gasteiger partial charge is 0.123 e. The molecule has 0 amide bonds. The fourth-order valence-electron chi connectivity index (χ4n) is 2.12. The van der Waals surface area contributed by atoms with Crippen molar-refractivity contribution in [1.82, 2.24) is 5.32 Å². The highest BCUT2D eigenvalue weighted by Gasteiger charge is 2.11. The van der Waals surface area contributed by atoms with E-state index in [0.29, 0.717) is 0 Å². The highest BCUT2D eigenvalue weighted by Crippen LogP contribution is 2.20. The molecule has 0 fully saturated rings. The van der Waals surface area contributed by atoms with Crippen LogP contribution in [0.15, 0.2) is 24.3 Å². The number of aliphatic hydroxyl groups excluding tert-OH is 1. The van der Waals surface area contributed by atoms with Gasteiger partial charge in [0.2, 0.25) is 0 Å². The van der Waals surface area contributed by atoms with Crippen LogP contribution in [0.4, 0.5) is 4.39 Å². The van der Waals surface area contributed by atoms with E-state index < -0.39 is 0 Å². The maximum absolute atomic E-state index is 13.0. The lowest BCUT2D eigenvalue weighted by molar-refractivity contribution is 0.158. The van der Waals surface area contributed by atoms with Crippen LogP contribution < -0.4 is 5.32 Å². The van der Waals surface area contributed by atoms with Crippen molar-refractivity contribution in [3.05, 3.63) is 35.6 Å². The molecule has 0 aliphatic rings. The van der Waals surface area contributed by atoms with E-state index in [1.54, 1.807) is 0 Å². The van der Waals surface area contributed by atoms with Gasteiger partial charge in [0, 0.05) is 6.04 Å². The van der Waals surface area contributed by atoms with Crippen LogP contribution in [0.5, 0.6) is 0 Å². The van der Waals surface area contributed by atoms with Crippen molar-refractivity contribution in [2.24, 2.45) is 0 Å². The predicted molar refractivity (Wildman–Crippen MR) is 77.6 cm³/mol. The zero-order valence-corrected chi connectivity index (χ0v) is 12.0. The van der Waals surface area contributed by atoms with Crippen molar-refractivity contribution in [1.29, 1.82) is 0 Å². The third-order valence-corrected chi connectivity index (χ3v) is 3.46. The minimum Gasteiger partial charge on any atom is -0.393 e. The number of aliphatic hydroxyl groups is 1. The van der Waals surface area contributed by atoms with Crippen LogP contribution in [0.2, 0.25) is 0 Å². The molecule has 3 heteroatoms. The molecular formula is C16H26FNO. The second-order valence-corrected chi connectivity index (χ2v) is 5.05. The van der Waals surface area contributed by atoms with E-state index >= 15 is 0 Å². The van der Waals surface area contributed by atoms with Crippen LogP contribution in [0.3, 0.4) is 0 Å². The molecule has 108 valence electrons. The highest BCUT2D eigenvalue weighted by atomic mass is 19.1. The maximum atomic E-state index is 13.0. The summed E-state index contributed by atoms with van der Waals surface area (Å²) in [6, 6.07) is 6.97. The SMILES string of the molecule is CCCCC(NCCC(O)CC)c1ccc(F)cc1. The second-order valence-electron chi connectivity index (χ2n) is 5.05. The number of rotatable bonds is 9. The molecular weight excluding hydrogens is 241 g/mol. The average Bonchev–Trinajstić information content (AvgIpc) is 2.43. The van der Waals surface area contributed by atoms with Gasteiger partial charge in [-0.3, -0.25) is 0 Å². The van der Waals surface area contributed by atoms with Crippen LogP contribution in [-0.2, 0) is 0 Å². The van der Waals surface area contributed by atoms with Crippen LogP contribution in [0, 0.1) is 5.82 Å². The van der Waals surface area contributed by atoms with Crippen LogP contribution >= 0.6 is 0 Å². The molecule has 0 saturated heterocycles. The number of nitrogens with one attached hydrogen (secondary N) is 1. The van der Waals surface area contributed by atoms with Gasteiger partial charge in [0.05, 0.1) is 6.10 Å². The average molecular weight is 267 g/mol. The van der Waals surface area contributed by atoms with Gasteiger partial charge in [-0.05, 0) is 43.5 Å². The zero-order chi connectivity index (χ0) is 14.1. The second kappa shape index (κ2) is 9.05. The first-order valence-electron chi connectivity index (χ1n) is 7.34. The van der Waals surface area contributed by atoms with E-state index in [1.165, 1.54) is 12.1 Å². The van der Waals surface area contributed by atoms with Crippen molar-refractivity contribution < 1.29 is 9.50 Å². The van der Waals surface area contributed by atoms with E-state index in [0.717, 1.165) is 44.2 Å². The van der Waals surface area contributed by atoms with Gasteiger partial charge in [-0.25, -0.2) is 4.39 Å². The lowest BCUT2D eigenvalue weighted by Crippen LogP contribution is -2.25. The molecule has 0 aliphatic heterocycles. The van der Waals surface area contributed by atoms with E-state index in [4.69, 9.17) is 0 Å². The predicted octanol–water partition coefficient (Wildman–Crippen LogP) is 3.81. The Morgan fingerprint density at radius 3 is 2.42 bits per heavy atom. The standard InChI is InChI=1S/C16H26FNO/c1-3-5-6-16(18-12-11-15(19)4-2)13-7-9-14(17)10-8-13/h7-10,15-16,18-19H,3-6,11-12H2,1-2H3. The van der Waals surface area contributed by atoms with E-state index in [2.05, 4.69) is 12.2 Å². The van der Waals surface area contributed by atoms with Crippen molar-refractivity contribution in [2.45, 2.75) is 58.1 Å². The number of halogens is 1. The molecule has 0 aromatic heterocycles. The van der Waals surface area contributed by atoms with E-state index in [-0.39, 0.29) is 18.0 Å². The lowest BCUT2D eigenvalue weighted by atomic mass is 10.0. The third-order valence-electron chi connectivity index (χ3n) is 3.46. The molecule has 0 spiro atoms. The topological polar surface area (TPSA) is 32.3 Å². The van der Waals surface area contributed by atoms with Crippen molar-refractivity contribution >= 4 is 0 Å². The fourth-order valence-corrected chi connectivity index (χ4v) is 2.12. The zero-order valence-electron chi connectivity index (χ0n) is 12.0. The minimum atomic E-state index is -0.229. The van der Waals surface area contributed by atoms with Crippen molar-refractivity contribution in [3.63, 3.8) is 0 Å². The summed E-state index contributed by atoms with van der Waals surface area (Å²) in [5.41, 5.74) is 1.13. The Balaban J connectivity index is 2.53. The molecule has 0 aliphatic carbocycles. The molecule has 1 rings (SSSR count). The molecule has 0 bridgehead atoms. The summed E-state index contributed by atoms with van der Waals surface area (Å²) in [5, 5.41) is 13.0. The first-order chi connectivity index (χ1) is 9.17. The number of unbranched alkanes of at least 4 members (excludes halogenated alkanes) is 1. The summed E-state index contributed by atoms with van der Waals surface area (Å²) in [7, 11) is 0. The van der Waals surface area contributed by atoms with Gasteiger partial charge in [0.15, 0.2) is 0 Å². The summed E-state index contributed by atoms with van der Waals surface area (Å²) in [6.07, 6.45) is 4.66.